The summed E-state index contributed by atoms with van der Waals surface area (Å²) in [7, 11) is -3.51. The number of hydrogen-bond donors (Lipinski definition) is 1. The number of nitrogens with one attached hydrogen (secondary N) is 1. The molecule has 0 aliphatic carbocycles. The predicted molar refractivity (Wildman–Crippen MR) is 115 cm³/mol. The van der Waals surface area contributed by atoms with Crippen molar-refractivity contribution in [2.45, 2.75) is 45.1 Å². The van der Waals surface area contributed by atoms with E-state index in [-0.39, 0.29) is 16.8 Å². The van der Waals surface area contributed by atoms with Gasteiger partial charge in [-0.3, -0.25) is 9.69 Å². The molecule has 0 bridgehead atoms. The van der Waals surface area contributed by atoms with Crippen LogP contribution in [0.5, 0.6) is 0 Å². The number of hydrogen-bond acceptors (Lipinski definition) is 5. The van der Waals surface area contributed by atoms with Crippen LogP contribution in [0.15, 0.2) is 29.2 Å². The van der Waals surface area contributed by atoms with Crippen molar-refractivity contribution in [1.82, 2.24) is 14.5 Å². The van der Waals surface area contributed by atoms with Gasteiger partial charge in [0, 0.05) is 44.3 Å². The quantitative estimate of drug-likeness (QED) is 0.622. The Kier molecular flexibility index (Phi) is 9.07. The average molecular weight is 426 g/mol. The zero-order chi connectivity index (χ0) is 21.4. The van der Waals surface area contributed by atoms with Crippen LogP contribution in [0.1, 0.15) is 44.5 Å². The number of carbonyl (C=O) groups excluding carboxylic acids is 1. The molecule has 1 fully saturated rings. The third-order valence-electron chi connectivity index (χ3n) is 5.26. The Hall–Kier alpha value is -1.48. The normalized spacial score (nSPS) is 16.9. The van der Waals surface area contributed by atoms with Gasteiger partial charge < -0.3 is 10.1 Å². The maximum atomic E-state index is 12.6. The summed E-state index contributed by atoms with van der Waals surface area (Å²) in [4.78, 5) is 15.2. The summed E-state index contributed by atoms with van der Waals surface area (Å²) in [5, 5.41) is 3.02. The zero-order valence-corrected chi connectivity index (χ0v) is 18.9. The highest BCUT2D eigenvalue weighted by Crippen LogP contribution is 2.17. The van der Waals surface area contributed by atoms with Crippen molar-refractivity contribution in [2.24, 2.45) is 5.92 Å². The van der Waals surface area contributed by atoms with Crippen LogP contribution in [0.2, 0.25) is 0 Å². The molecule has 8 heteroatoms. The van der Waals surface area contributed by atoms with Crippen molar-refractivity contribution in [2.75, 3.05) is 45.9 Å². The lowest BCUT2D eigenvalue weighted by molar-refractivity contribution is 0.0124. The number of morpholine rings is 1. The lowest BCUT2D eigenvalue weighted by Crippen LogP contribution is -2.49. The summed E-state index contributed by atoms with van der Waals surface area (Å²) in [6.45, 7) is 12.6. The van der Waals surface area contributed by atoms with Crippen LogP contribution < -0.4 is 5.32 Å². The van der Waals surface area contributed by atoms with Gasteiger partial charge >= 0.3 is 0 Å². The van der Waals surface area contributed by atoms with Gasteiger partial charge in [-0.1, -0.05) is 27.7 Å². The molecule has 29 heavy (non-hydrogen) atoms. The third-order valence-corrected chi connectivity index (χ3v) is 7.33. The van der Waals surface area contributed by atoms with Gasteiger partial charge in [0.05, 0.1) is 18.1 Å². The van der Waals surface area contributed by atoms with Crippen LogP contribution >= 0.6 is 0 Å². The Labute approximate surface area is 175 Å². The summed E-state index contributed by atoms with van der Waals surface area (Å²) in [6, 6.07) is 6.45. The highest BCUT2D eigenvalue weighted by Gasteiger charge is 2.24. The maximum absolute atomic E-state index is 12.6. The number of amides is 1. The van der Waals surface area contributed by atoms with Gasteiger partial charge in [0.25, 0.3) is 5.91 Å². The van der Waals surface area contributed by atoms with Crippen LogP contribution in [0, 0.1) is 5.92 Å². The molecule has 0 aromatic heterocycles. The second-order valence-corrected chi connectivity index (χ2v) is 9.69. The molecule has 164 valence electrons. The van der Waals surface area contributed by atoms with Gasteiger partial charge in [-0.25, -0.2) is 8.42 Å². The fourth-order valence-corrected chi connectivity index (χ4v) is 5.11. The minimum Gasteiger partial charge on any atom is -0.379 e. The first-order valence-corrected chi connectivity index (χ1v) is 11.9. The van der Waals surface area contributed by atoms with Crippen LogP contribution in [0.4, 0.5) is 0 Å². The number of sulfonamides is 1. The Bertz CT molecular complexity index is 740. The molecule has 1 aromatic carbocycles. The van der Waals surface area contributed by atoms with E-state index in [1.54, 1.807) is 12.1 Å². The van der Waals surface area contributed by atoms with Gasteiger partial charge in [-0.05, 0) is 36.6 Å². The highest BCUT2D eigenvalue weighted by molar-refractivity contribution is 7.89. The van der Waals surface area contributed by atoms with Crippen LogP contribution in [-0.4, -0.2) is 75.5 Å². The third kappa shape index (κ3) is 6.50. The van der Waals surface area contributed by atoms with E-state index in [0.717, 1.165) is 32.7 Å². The molecule has 2 rings (SSSR count). The topological polar surface area (TPSA) is 79.0 Å². The second kappa shape index (κ2) is 11.1. The summed E-state index contributed by atoms with van der Waals surface area (Å²) in [5.74, 6) is 0.350. The minimum absolute atomic E-state index is 0.182. The fraction of sp³-hybridized carbons (Fsp3) is 0.667. The molecule has 1 heterocycles. The molecule has 1 saturated heterocycles. The number of rotatable bonds is 10. The summed E-state index contributed by atoms with van der Waals surface area (Å²) >= 11 is 0. The monoisotopic (exact) mass is 425 g/mol. The predicted octanol–water partition coefficient (Wildman–Crippen LogP) is 2.19. The van der Waals surface area contributed by atoms with E-state index in [1.165, 1.54) is 16.4 Å². The molecule has 0 spiro atoms. The second-order valence-electron chi connectivity index (χ2n) is 7.76. The molecule has 1 aliphatic rings. The summed E-state index contributed by atoms with van der Waals surface area (Å²) in [5.41, 5.74) is 0.466. The van der Waals surface area contributed by atoms with E-state index in [9.17, 15) is 13.2 Å². The molecule has 1 aromatic rings. The van der Waals surface area contributed by atoms with Gasteiger partial charge in [0.2, 0.25) is 10.0 Å². The first-order valence-electron chi connectivity index (χ1n) is 10.5. The highest BCUT2D eigenvalue weighted by atomic mass is 32.2. The van der Waals surface area contributed by atoms with Crippen molar-refractivity contribution in [3.05, 3.63) is 29.8 Å². The van der Waals surface area contributed by atoms with Crippen LogP contribution in [0.25, 0.3) is 0 Å². The van der Waals surface area contributed by atoms with E-state index < -0.39 is 10.0 Å². The van der Waals surface area contributed by atoms with Gasteiger partial charge in [0.1, 0.15) is 0 Å². The van der Waals surface area contributed by atoms with E-state index in [4.69, 9.17) is 4.74 Å². The average Bonchev–Trinajstić information content (AvgIpc) is 2.72. The lowest BCUT2D eigenvalue weighted by Gasteiger charge is -2.35. The number of nitrogens with zero attached hydrogens (tertiary/aromatic N) is 2. The Morgan fingerprint density at radius 2 is 1.72 bits per heavy atom. The molecule has 1 amide bonds. The molecule has 0 saturated carbocycles. The van der Waals surface area contributed by atoms with Gasteiger partial charge in [0.15, 0.2) is 0 Å². The first kappa shape index (κ1) is 23.8. The molecule has 1 atom stereocenters. The van der Waals surface area contributed by atoms with Crippen molar-refractivity contribution in [3.63, 3.8) is 0 Å². The van der Waals surface area contributed by atoms with Crippen LogP contribution in [0.3, 0.4) is 0 Å². The van der Waals surface area contributed by atoms with Crippen molar-refractivity contribution in [3.8, 4) is 0 Å². The Morgan fingerprint density at radius 1 is 1.14 bits per heavy atom. The molecular formula is C21H35N3O4S. The van der Waals surface area contributed by atoms with Gasteiger partial charge in [-0.2, -0.15) is 4.31 Å². The maximum Gasteiger partial charge on any atom is 0.251 e. The van der Waals surface area contributed by atoms with Crippen molar-refractivity contribution < 1.29 is 17.9 Å². The van der Waals surface area contributed by atoms with E-state index in [0.29, 0.717) is 31.1 Å². The fourth-order valence-electron chi connectivity index (χ4n) is 3.65. The SMILES string of the molecule is CCN(CC)S(=O)(=O)c1ccc(C(=O)NC[C@H](CC(C)C)N2CCOCC2)cc1. The summed E-state index contributed by atoms with van der Waals surface area (Å²) in [6.07, 6.45) is 1.00. The summed E-state index contributed by atoms with van der Waals surface area (Å²) < 4.78 is 32.0. The lowest BCUT2D eigenvalue weighted by atomic mass is 10.0. The minimum atomic E-state index is -3.51. The molecule has 1 aliphatic heterocycles. The van der Waals surface area contributed by atoms with Gasteiger partial charge in [-0.15, -0.1) is 0 Å². The van der Waals surface area contributed by atoms with Crippen LogP contribution in [-0.2, 0) is 14.8 Å². The first-order chi connectivity index (χ1) is 13.8. The van der Waals surface area contributed by atoms with Crippen molar-refractivity contribution >= 4 is 15.9 Å². The molecule has 0 radical (unpaired) electrons. The number of benzene rings is 1. The Balaban J connectivity index is 2.02. The molecular weight excluding hydrogens is 390 g/mol. The number of carbonyl (C=O) groups is 1. The zero-order valence-electron chi connectivity index (χ0n) is 18.1. The van der Waals surface area contributed by atoms with E-state index in [2.05, 4.69) is 24.1 Å². The van der Waals surface area contributed by atoms with E-state index >= 15 is 0 Å². The largest absolute Gasteiger partial charge is 0.379 e. The standard InChI is InChI=1S/C21H35N3O4S/c1-5-24(6-2)29(26,27)20-9-7-18(8-10-20)21(25)22-16-19(15-17(3)4)23-11-13-28-14-12-23/h7-10,17,19H,5-6,11-16H2,1-4H3,(H,22,25)/t19-/m0/s1. The smallest absolute Gasteiger partial charge is 0.251 e. The molecule has 7 nitrogen and oxygen atoms in total. The number of ether oxygens (including phenoxy) is 1. The molecule has 1 N–H and O–H groups in total. The van der Waals surface area contributed by atoms with E-state index in [1.807, 2.05) is 13.8 Å². The molecule has 0 unspecified atom stereocenters. The Morgan fingerprint density at radius 3 is 2.24 bits per heavy atom. The van der Waals surface area contributed by atoms with Crippen molar-refractivity contribution in [1.29, 1.82) is 0 Å².